The lowest BCUT2D eigenvalue weighted by atomic mass is 10.0. The zero-order valence-electron chi connectivity index (χ0n) is 9.43. The molecule has 1 aromatic carbocycles. The van der Waals surface area contributed by atoms with Gasteiger partial charge in [0.25, 0.3) is 0 Å². The summed E-state index contributed by atoms with van der Waals surface area (Å²) in [7, 11) is 0. The molecule has 84 valence electrons. The Hall–Kier alpha value is -1.70. The minimum atomic E-state index is -0.563. The van der Waals surface area contributed by atoms with Crippen molar-refractivity contribution in [3.8, 4) is 0 Å². The van der Waals surface area contributed by atoms with Crippen LogP contribution in [0.3, 0.4) is 0 Å². The van der Waals surface area contributed by atoms with E-state index >= 15 is 0 Å². The molecule has 0 nitrogen and oxygen atoms in total. The average Bonchev–Trinajstić information content (AvgIpc) is 2.17. The van der Waals surface area contributed by atoms with Gasteiger partial charge in [0.1, 0.15) is 11.6 Å². The van der Waals surface area contributed by atoms with Crippen LogP contribution in [-0.2, 0) is 0 Å². The van der Waals surface area contributed by atoms with Crippen molar-refractivity contribution in [3.63, 3.8) is 0 Å². The van der Waals surface area contributed by atoms with E-state index in [1.165, 1.54) is 12.1 Å². The topological polar surface area (TPSA) is 0 Å². The normalized spacial score (nSPS) is 12.8. The molecule has 16 heavy (non-hydrogen) atoms. The number of hydrogen-bond acceptors (Lipinski definition) is 0. The summed E-state index contributed by atoms with van der Waals surface area (Å²) in [4.78, 5) is 0. The highest BCUT2D eigenvalue weighted by Crippen LogP contribution is 2.20. The molecule has 0 radical (unpaired) electrons. The van der Waals surface area contributed by atoms with Crippen molar-refractivity contribution in [1.29, 1.82) is 0 Å². The second kappa shape index (κ2) is 5.40. The summed E-state index contributed by atoms with van der Waals surface area (Å²) in [5, 5.41) is 0. The smallest absolute Gasteiger partial charge is 0.133 e. The van der Waals surface area contributed by atoms with Crippen molar-refractivity contribution >= 4 is 5.57 Å². The highest BCUT2D eigenvalue weighted by atomic mass is 19.1. The van der Waals surface area contributed by atoms with Crippen LogP contribution in [0.2, 0.25) is 0 Å². The van der Waals surface area contributed by atoms with Gasteiger partial charge in [0.05, 0.1) is 0 Å². The van der Waals surface area contributed by atoms with Gasteiger partial charge in [-0.3, -0.25) is 0 Å². The first-order valence-electron chi connectivity index (χ1n) is 4.97. The Balaban J connectivity index is 3.09. The Morgan fingerprint density at radius 2 is 1.94 bits per heavy atom. The predicted octanol–water partition coefficient (Wildman–Crippen LogP) is 4.50. The van der Waals surface area contributed by atoms with E-state index < -0.39 is 11.6 Å². The third kappa shape index (κ3) is 3.16. The summed E-state index contributed by atoms with van der Waals surface area (Å²) in [5.41, 5.74) is 2.14. The molecular formula is C14H14F2. The summed E-state index contributed by atoms with van der Waals surface area (Å²) in [5.74, 6) is -1.10. The summed E-state index contributed by atoms with van der Waals surface area (Å²) in [6.45, 7) is 7.26. The molecule has 0 aliphatic heterocycles. The number of allylic oxidation sites excluding steroid dienone is 5. The Kier molecular flexibility index (Phi) is 4.18. The molecule has 0 N–H and O–H groups in total. The highest BCUT2D eigenvalue weighted by Gasteiger charge is 2.04. The van der Waals surface area contributed by atoms with Crippen molar-refractivity contribution in [2.75, 3.05) is 0 Å². The molecule has 0 atom stereocenters. The third-order valence-corrected chi connectivity index (χ3v) is 2.18. The Morgan fingerprint density at radius 3 is 2.50 bits per heavy atom. The minimum Gasteiger partial charge on any atom is -0.207 e. The second-order valence-electron chi connectivity index (χ2n) is 3.60. The fraction of sp³-hybridized carbons (Fsp3) is 0.143. The lowest BCUT2D eigenvalue weighted by Crippen LogP contribution is -1.88. The average molecular weight is 220 g/mol. The molecule has 0 unspecified atom stereocenters. The molecule has 0 amide bonds. The fourth-order valence-corrected chi connectivity index (χ4v) is 1.46. The largest absolute Gasteiger partial charge is 0.207 e. The number of benzene rings is 1. The number of rotatable bonds is 3. The quantitative estimate of drug-likeness (QED) is 0.658. The zero-order chi connectivity index (χ0) is 12.1. The van der Waals surface area contributed by atoms with Crippen LogP contribution in [0.5, 0.6) is 0 Å². The lowest BCUT2D eigenvalue weighted by molar-refractivity contribution is 0.581. The molecule has 0 aliphatic carbocycles. The maximum atomic E-state index is 13.4. The first kappa shape index (κ1) is 12.4. The van der Waals surface area contributed by atoms with Crippen molar-refractivity contribution in [1.82, 2.24) is 0 Å². The first-order chi connectivity index (χ1) is 7.54. The van der Waals surface area contributed by atoms with Crippen LogP contribution in [0.1, 0.15) is 19.4 Å². The van der Waals surface area contributed by atoms with Gasteiger partial charge < -0.3 is 0 Å². The van der Waals surface area contributed by atoms with Crippen LogP contribution in [0.25, 0.3) is 5.57 Å². The zero-order valence-corrected chi connectivity index (χ0v) is 9.43. The summed E-state index contributed by atoms with van der Waals surface area (Å²) in [6, 6.07) is 3.58. The Labute approximate surface area is 94.6 Å². The van der Waals surface area contributed by atoms with Crippen LogP contribution in [0.15, 0.2) is 48.6 Å². The monoisotopic (exact) mass is 220 g/mol. The lowest BCUT2D eigenvalue weighted by Gasteiger charge is -2.03. The van der Waals surface area contributed by atoms with Gasteiger partial charge in [-0.05, 0) is 31.6 Å². The van der Waals surface area contributed by atoms with Crippen LogP contribution in [0, 0.1) is 11.6 Å². The van der Waals surface area contributed by atoms with Crippen molar-refractivity contribution in [2.24, 2.45) is 0 Å². The van der Waals surface area contributed by atoms with E-state index in [4.69, 9.17) is 0 Å². The highest BCUT2D eigenvalue weighted by molar-refractivity contribution is 5.66. The molecule has 0 heterocycles. The summed E-state index contributed by atoms with van der Waals surface area (Å²) >= 11 is 0. The van der Waals surface area contributed by atoms with E-state index in [9.17, 15) is 8.78 Å². The molecule has 0 aliphatic rings. The number of halogens is 2. The van der Waals surface area contributed by atoms with Crippen LogP contribution in [0.4, 0.5) is 8.78 Å². The minimum absolute atomic E-state index is 0.415. The molecular weight excluding hydrogens is 206 g/mol. The third-order valence-electron chi connectivity index (χ3n) is 2.18. The molecule has 1 aromatic rings. The van der Waals surface area contributed by atoms with E-state index in [1.54, 1.807) is 13.0 Å². The SMILES string of the molecule is C=C/C=C(C)\C=C(/C)c1ccc(F)cc1F. The van der Waals surface area contributed by atoms with E-state index in [1.807, 2.05) is 19.1 Å². The van der Waals surface area contributed by atoms with Gasteiger partial charge in [-0.15, -0.1) is 0 Å². The molecule has 0 saturated heterocycles. The van der Waals surface area contributed by atoms with Crippen molar-refractivity contribution < 1.29 is 8.78 Å². The van der Waals surface area contributed by atoms with Crippen molar-refractivity contribution in [3.05, 3.63) is 65.8 Å². The van der Waals surface area contributed by atoms with Crippen LogP contribution in [-0.4, -0.2) is 0 Å². The van der Waals surface area contributed by atoms with Gasteiger partial charge in [-0.1, -0.05) is 30.4 Å². The maximum absolute atomic E-state index is 13.4. The Bertz CT molecular complexity index is 454. The van der Waals surface area contributed by atoms with Crippen molar-refractivity contribution in [2.45, 2.75) is 13.8 Å². The van der Waals surface area contributed by atoms with Gasteiger partial charge in [-0.25, -0.2) is 8.78 Å². The van der Waals surface area contributed by atoms with E-state index in [0.29, 0.717) is 5.56 Å². The van der Waals surface area contributed by atoms with Gasteiger partial charge in [0.2, 0.25) is 0 Å². The van der Waals surface area contributed by atoms with Gasteiger partial charge in [0.15, 0.2) is 0 Å². The van der Waals surface area contributed by atoms with Crippen LogP contribution < -0.4 is 0 Å². The number of hydrogen-bond donors (Lipinski definition) is 0. The maximum Gasteiger partial charge on any atom is 0.133 e. The summed E-state index contributed by atoms with van der Waals surface area (Å²) < 4.78 is 26.1. The fourth-order valence-electron chi connectivity index (χ4n) is 1.46. The standard InChI is InChI=1S/C14H14F2/c1-4-5-10(2)8-11(3)13-7-6-12(15)9-14(13)16/h4-9H,1H2,2-3H3/b10-5-,11-8+. The Morgan fingerprint density at radius 1 is 1.25 bits per heavy atom. The summed E-state index contributed by atoms with van der Waals surface area (Å²) in [6.07, 6.45) is 5.32. The molecule has 0 spiro atoms. The second-order valence-corrected chi connectivity index (χ2v) is 3.60. The molecule has 2 heteroatoms. The predicted molar refractivity (Wildman–Crippen MR) is 64.0 cm³/mol. The first-order valence-corrected chi connectivity index (χ1v) is 4.97. The van der Waals surface area contributed by atoms with E-state index in [2.05, 4.69) is 6.58 Å². The molecule has 0 fully saturated rings. The van der Waals surface area contributed by atoms with E-state index in [-0.39, 0.29) is 0 Å². The van der Waals surface area contributed by atoms with Gasteiger partial charge >= 0.3 is 0 Å². The molecule has 1 rings (SSSR count). The molecule has 0 bridgehead atoms. The van der Waals surface area contributed by atoms with E-state index in [0.717, 1.165) is 17.2 Å². The van der Waals surface area contributed by atoms with Gasteiger partial charge in [-0.2, -0.15) is 0 Å². The molecule has 0 saturated carbocycles. The molecule has 0 aromatic heterocycles. The van der Waals surface area contributed by atoms with Crippen LogP contribution >= 0.6 is 0 Å². The van der Waals surface area contributed by atoms with Gasteiger partial charge in [0, 0.05) is 11.6 Å².